The predicted octanol–water partition coefficient (Wildman–Crippen LogP) is 3.36. The number of halogens is 2. The second-order valence-corrected chi connectivity index (χ2v) is 8.64. The van der Waals surface area contributed by atoms with E-state index in [1.165, 1.54) is 12.0 Å². The van der Waals surface area contributed by atoms with Crippen LogP contribution in [0.25, 0.3) is 11.0 Å². The van der Waals surface area contributed by atoms with E-state index < -0.39 is 29.1 Å². The normalized spacial score (nSPS) is 16.8. The molecular formula is C24H27F2N5O4. The van der Waals surface area contributed by atoms with Crippen LogP contribution < -0.4 is 14.5 Å². The number of carbonyl (C=O) groups is 1. The smallest absolute Gasteiger partial charge is 0.329 e. The molecule has 2 aromatic heterocycles. The third-order valence-electron chi connectivity index (χ3n) is 6.68. The summed E-state index contributed by atoms with van der Waals surface area (Å²) in [5.41, 5.74) is 2.43. The summed E-state index contributed by atoms with van der Waals surface area (Å²) in [4.78, 5) is 22.9. The number of benzene rings is 1. The minimum atomic E-state index is -1.22. The van der Waals surface area contributed by atoms with Crippen molar-refractivity contribution in [1.82, 2.24) is 14.5 Å². The van der Waals surface area contributed by atoms with Gasteiger partial charge in [0.05, 0.1) is 32.6 Å². The van der Waals surface area contributed by atoms with Gasteiger partial charge in [-0.15, -0.1) is 0 Å². The Kier molecular flexibility index (Phi) is 5.97. The van der Waals surface area contributed by atoms with E-state index in [1.807, 2.05) is 17.7 Å². The number of ether oxygens (including phenoxy) is 2. The minimum Gasteiger partial charge on any atom is -0.505 e. The van der Waals surface area contributed by atoms with E-state index in [0.717, 1.165) is 47.3 Å². The van der Waals surface area contributed by atoms with Crippen LogP contribution in [0.1, 0.15) is 18.2 Å². The zero-order valence-corrected chi connectivity index (χ0v) is 19.8. The summed E-state index contributed by atoms with van der Waals surface area (Å²) < 4.78 is 42.3. The summed E-state index contributed by atoms with van der Waals surface area (Å²) in [5, 5.41) is 10.8. The van der Waals surface area contributed by atoms with Crippen molar-refractivity contribution in [1.29, 1.82) is 0 Å². The highest BCUT2D eigenvalue weighted by Crippen LogP contribution is 2.42. The zero-order chi connectivity index (χ0) is 24.9. The molecule has 0 saturated carbocycles. The third kappa shape index (κ3) is 3.75. The molecule has 2 amide bonds. The Hall–Kier alpha value is -3.44. The van der Waals surface area contributed by atoms with Crippen molar-refractivity contribution in [2.75, 3.05) is 49.8 Å². The van der Waals surface area contributed by atoms with Crippen LogP contribution in [0.3, 0.4) is 0 Å². The maximum atomic E-state index is 15.1. The van der Waals surface area contributed by atoms with Gasteiger partial charge in [-0.3, -0.25) is 14.7 Å². The van der Waals surface area contributed by atoms with Crippen molar-refractivity contribution < 1.29 is 28.2 Å². The number of amides is 2. The number of methoxy groups -OCH3 is 1. The average Bonchev–Trinajstić information content (AvgIpc) is 3.17. The lowest BCUT2D eigenvalue weighted by Gasteiger charge is -2.37. The number of aromatic nitrogens is 2. The number of phenols is 1. The average molecular weight is 488 g/mol. The van der Waals surface area contributed by atoms with Crippen molar-refractivity contribution in [3.05, 3.63) is 41.2 Å². The van der Waals surface area contributed by atoms with Crippen LogP contribution in [0.2, 0.25) is 0 Å². The maximum Gasteiger partial charge on any atom is 0.329 e. The van der Waals surface area contributed by atoms with Crippen molar-refractivity contribution in [3.63, 3.8) is 0 Å². The highest BCUT2D eigenvalue weighted by molar-refractivity contribution is 6.11. The van der Waals surface area contributed by atoms with Gasteiger partial charge in [-0.2, -0.15) is 0 Å². The molecule has 1 N–H and O–H groups in total. The molecule has 3 aromatic rings. The summed E-state index contributed by atoms with van der Waals surface area (Å²) in [5.74, 6) is -3.44. The Labute approximate surface area is 201 Å². The van der Waals surface area contributed by atoms with Crippen LogP contribution in [0.15, 0.2) is 18.3 Å². The van der Waals surface area contributed by atoms with E-state index in [4.69, 9.17) is 9.47 Å². The molecule has 0 atom stereocenters. The highest BCUT2D eigenvalue weighted by atomic mass is 19.1. The molecular weight excluding hydrogens is 460 g/mol. The Bertz CT molecular complexity index is 1310. The van der Waals surface area contributed by atoms with Crippen molar-refractivity contribution >= 4 is 28.4 Å². The molecule has 1 fully saturated rings. The van der Waals surface area contributed by atoms with Gasteiger partial charge in [0, 0.05) is 62.1 Å². The van der Waals surface area contributed by atoms with Gasteiger partial charge in [0.1, 0.15) is 11.3 Å². The van der Waals surface area contributed by atoms with Crippen LogP contribution in [0.5, 0.6) is 11.5 Å². The largest absolute Gasteiger partial charge is 0.505 e. The first-order valence-electron chi connectivity index (χ1n) is 11.5. The molecule has 0 unspecified atom stereocenters. The highest BCUT2D eigenvalue weighted by Gasteiger charge is 2.37. The summed E-state index contributed by atoms with van der Waals surface area (Å²) in [6, 6.07) is 2.27. The standard InChI is InChI=1S/C24H27F2N5O4/c1-4-30-21-14(12-31(24(30)33)22-19(25)17(32)10-18(34-3)20(22)26)11-27-23-16(21)9-15(28(23)2)13-29-5-7-35-8-6-29/h9-11,32H,4-8,12-13H2,1-3H3. The maximum absolute atomic E-state index is 15.1. The molecule has 186 valence electrons. The summed E-state index contributed by atoms with van der Waals surface area (Å²) in [6.07, 6.45) is 1.63. The number of carbonyl (C=O) groups excluding carboxylic acids is 1. The van der Waals surface area contributed by atoms with Crippen LogP contribution >= 0.6 is 0 Å². The number of aromatic hydroxyl groups is 1. The zero-order valence-electron chi connectivity index (χ0n) is 19.8. The van der Waals surface area contributed by atoms with Crippen LogP contribution in [0, 0.1) is 11.6 Å². The van der Waals surface area contributed by atoms with E-state index in [0.29, 0.717) is 24.5 Å². The number of morpholine rings is 1. The van der Waals surface area contributed by atoms with Gasteiger partial charge in [-0.05, 0) is 13.0 Å². The van der Waals surface area contributed by atoms with Crippen molar-refractivity contribution in [3.8, 4) is 11.5 Å². The number of phenolic OH excluding ortho intramolecular Hbond substituents is 1. The van der Waals surface area contributed by atoms with E-state index in [2.05, 4.69) is 9.88 Å². The molecule has 35 heavy (non-hydrogen) atoms. The van der Waals surface area contributed by atoms with Crippen molar-refractivity contribution in [2.24, 2.45) is 7.05 Å². The number of urea groups is 1. The van der Waals surface area contributed by atoms with Gasteiger partial charge in [-0.25, -0.2) is 18.6 Å². The summed E-state index contributed by atoms with van der Waals surface area (Å²) in [7, 11) is 3.14. The summed E-state index contributed by atoms with van der Waals surface area (Å²) >= 11 is 0. The number of hydrogen-bond acceptors (Lipinski definition) is 6. The molecule has 1 aromatic carbocycles. The Morgan fingerprint density at radius 1 is 1.17 bits per heavy atom. The Balaban J connectivity index is 1.60. The predicted molar refractivity (Wildman–Crippen MR) is 126 cm³/mol. The van der Waals surface area contributed by atoms with Gasteiger partial charge in [0.15, 0.2) is 23.1 Å². The SMILES string of the molecule is CCN1C(=O)N(c2c(F)c(O)cc(OC)c2F)Cc2cnc3c(cc(CN4CCOCC4)n3C)c21. The number of rotatable bonds is 5. The van der Waals surface area contributed by atoms with Gasteiger partial charge < -0.3 is 19.1 Å². The fourth-order valence-electron chi connectivity index (χ4n) is 4.84. The first-order valence-corrected chi connectivity index (χ1v) is 11.5. The lowest BCUT2D eigenvalue weighted by molar-refractivity contribution is 0.0333. The molecule has 2 aliphatic rings. The molecule has 0 aliphatic carbocycles. The van der Waals surface area contributed by atoms with E-state index in [9.17, 15) is 14.3 Å². The molecule has 11 heteroatoms. The molecule has 2 aliphatic heterocycles. The fourth-order valence-corrected chi connectivity index (χ4v) is 4.84. The molecule has 0 spiro atoms. The Morgan fingerprint density at radius 3 is 2.60 bits per heavy atom. The van der Waals surface area contributed by atoms with Gasteiger partial charge in [0.2, 0.25) is 0 Å². The van der Waals surface area contributed by atoms with Crippen LogP contribution in [-0.4, -0.2) is 65.5 Å². The lowest BCUT2D eigenvalue weighted by Crippen LogP contribution is -2.48. The fraction of sp³-hybridized carbons (Fsp3) is 0.417. The molecule has 1 saturated heterocycles. The number of pyridine rings is 1. The first-order chi connectivity index (χ1) is 16.8. The molecule has 5 rings (SSSR count). The summed E-state index contributed by atoms with van der Waals surface area (Å²) in [6.45, 7) is 5.74. The second-order valence-electron chi connectivity index (χ2n) is 8.64. The van der Waals surface area contributed by atoms with Gasteiger partial charge in [0.25, 0.3) is 0 Å². The number of hydrogen-bond donors (Lipinski definition) is 1. The molecule has 9 nitrogen and oxygen atoms in total. The monoisotopic (exact) mass is 487 g/mol. The van der Waals surface area contributed by atoms with E-state index in [-0.39, 0.29) is 18.8 Å². The first kappa shape index (κ1) is 23.3. The van der Waals surface area contributed by atoms with Crippen LogP contribution in [-0.2, 0) is 24.9 Å². The number of anilines is 2. The molecule has 4 heterocycles. The van der Waals surface area contributed by atoms with Crippen LogP contribution in [0.4, 0.5) is 25.0 Å². The Morgan fingerprint density at radius 2 is 1.91 bits per heavy atom. The van der Waals surface area contributed by atoms with Crippen molar-refractivity contribution in [2.45, 2.75) is 20.0 Å². The minimum absolute atomic E-state index is 0.109. The number of nitrogens with zero attached hydrogens (tertiary/aromatic N) is 5. The number of aryl methyl sites for hydroxylation is 1. The third-order valence-corrected chi connectivity index (χ3v) is 6.68. The topological polar surface area (TPSA) is 83.3 Å². The van der Waals surface area contributed by atoms with Gasteiger partial charge in [-0.1, -0.05) is 0 Å². The van der Waals surface area contributed by atoms with E-state index >= 15 is 4.39 Å². The lowest BCUT2D eigenvalue weighted by atomic mass is 10.1. The quantitative estimate of drug-likeness (QED) is 0.594. The second kappa shape index (κ2) is 8.97. The van der Waals surface area contributed by atoms with Gasteiger partial charge >= 0.3 is 6.03 Å². The molecule has 0 bridgehead atoms. The number of fused-ring (bicyclic) bond motifs is 3. The molecule has 0 radical (unpaired) electrons. The van der Waals surface area contributed by atoms with E-state index in [1.54, 1.807) is 13.1 Å².